The molecular formula is C29H26O2. The van der Waals surface area contributed by atoms with E-state index < -0.39 is 11.0 Å². The molecule has 0 amide bonds. The zero-order valence-corrected chi connectivity index (χ0v) is 18.4. The van der Waals surface area contributed by atoms with Crippen LogP contribution in [0, 0.1) is 29.1 Å². The summed E-state index contributed by atoms with van der Waals surface area (Å²) in [6.07, 6.45) is 0. The van der Waals surface area contributed by atoms with Crippen LogP contribution >= 0.6 is 0 Å². The molecule has 3 aromatic carbocycles. The Balaban J connectivity index is 2.13. The van der Waals surface area contributed by atoms with E-state index in [0.29, 0.717) is 0 Å². The molecule has 1 unspecified atom stereocenters. The van der Waals surface area contributed by atoms with Crippen LogP contribution in [0.1, 0.15) is 49.9 Å². The third-order valence-electron chi connectivity index (χ3n) is 4.95. The van der Waals surface area contributed by atoms with Crippen LogP contribution in [0.25, 0.3) is 0 Å². The highest BCUT2D eigenvalue weighted by molar-refractivity contribution is 5.68. The fourth-order valence-corrected chi connectivity index (χ4v) is 3.34. The summed E-state index contributed by atoms with van der Waals surface area (Å²) in [6, 6.07) is 27.3. The molecule has 0 aromatic heterocycles. The van der Waals surface area contributed by atoms with Gasteiger partial charge in [-0.1, -0.05) is 99.2 Å². The van der Waals surface area contributed by atoms with Gasteiger partial charge in [0.15, 0.2) is 0 Å². The van der Waals surface area contributed by atoms with Crippen molar-refractivity contribution in [1.82, 2.24) is 0 Å². The Kier molecular flexibility index (Phi) is 6.64. The van der Waals surface area contributed by atoms with Crippen LogP contribution in [-0.4, -0.2) is 5.97 Å². The van der Waals surface area contributed by atoms with Crippen LogP contribution < -0.4 is 0 Å². The van der Waals surface area contributed by atoms with E-state index in [1.54, 1.807) is 0 Å². The van der Waals surface area contributed by atoms with Crippen LogP contribution in [0.2, 0.25) is 0 Å². The van der Waals surface area contributed by atoms with Crippen molar-refractivity contribution in [3.05, 3.63) is 107 Å². The van der Waals surface area contributed by atoms with E-state index in [4.69, 9.17) is 4.74 Å². The molecule has 154 valence electrons. The number of carbonyl (C=O) groups excluding carboxylic acids is 1. The first-order valence-electron chi connectivity index (χ1n) is 10.3. The maximum atomic E-state index is 12.1. The van der Waals surface area contributed by atoms with Crippen LogP contribution in [-0.2, 0) is 15.1 Å². The zero-order valence-electron chi connectivity index (χ0n) is 18.4. The van der Waals surface area contributed by atoms with Crippen molar-refractivity contribution in [2.45, 2.75) is 33.3 Å². The molecule has 31 heavy (non-hydrogen) atoms. The summed E-state index contributed by atoms with van der Waals surface area (Å²) < 4.78 is 5.93. The second kappa shape index (κ2) is 9.38. The molecule has 3 rings (SSSR count). The van der Waals surface area contributed by atoms with Crippen molar-refractivity contribution in [2.24, 2.45) is 5.41 Å². The van der Waals surface area contributed by atoms with Gasteiger partial charge >= 0.3 is 5.97 Å². The van der Waals surface area contributed by atoms with Crippen LogP contribution in [0.4, 0.5) is 0 Å². The first-order valence-corrected chi connectivity index (χ1v) is 10.3. The van der Waals surface area contributed by atoms with Gasteiger partial charge in [0.25, 0.3) is 0 Å². The number of ether oxygens (including phenoxy) is 1. The Bertz CT molecular complexity index is 1160. The molecule has 1 atom stereocenters. The number of benzene rings is 3. The third kappa shape index (κ3) is 5.25. The summed E-state index contributed by atoms with van der Waals surface area (Å²) in [7, 11) is 0. The van der Waals surface area contributed by atoms with Gasteiger partial charge in [-0.25, -0.2) is 0 Å². The lowest BCUT2D eigenvalue weighted by Gasteiger charge is -2.40. The lowest BCUT2D eigenvalue weighted by atomic mass is 9.72. The van der Waals surface area contributed by atoms with E-state index in [2.05, 4.69) is 23.7 Å². The summed E-state index contributed by atoms with van der Waals surface area (Å²) in [5.41, 5.74) is 1.86. The minimum absolute atomic E-state index is 0.370. The summed E-state index contributed by atoms with van der Waals surface area (Å²) in [5, 5.41) is 0. The van der Waals surface area contributed by atoms with Gasteiger partial charge in [-0.3, -0.25) is 4.79 Å². The van der Waals surface area contributed by atoms with Gasteiger partial charge in [0.05, 0.1) is 0 Å². The monoisotopic (exact) mass is 406 g/mol. The molecule has 0 N–H and O–H groups in total. The van der Waals surface area contributed by atoms with Crippen molar-refractivity contribution in [3.63, 3.8) is 0 Å². The van der Waals surface area contributed by atoms with Crippen molar-refractivity contribution >= 4 is 5.97 Å². The molecule has 0 fully saturated rings. The molecule has 0 aliphatic rings. The molecule has 0 aliphatic heterocycles. The molecule has 0 bridgehead atoms. The molecule has 0 saturated carbocycles. The minimum atomic E-state index is -1.10. The topological polar surface area (TPSA) is 26.3 Å². The fraction of sp³-hybridized carbons (Fsp3) is 0.207. The average Bonchev–Trinajstić information content (AvgIpc) is 2.76. The summed E-state index contributed by atoms with van der Waals surface area (Å²) in [5.74, 6) is 12.6. The second-order valence-electron chi connectivity index (χ2n) is 8.30. The summed E-state index contributed by atoms with van der Waals surface area (Å²) >= 11 is 0. The molecule has 3 aromatic rings. The smallest absolute Gasteiger partial charge is 0.304 e. The highest BCUT2D eigenvalue weighted by Gasteiger charge is 2.45. The Morgan fingerprint density at radius 1 is 0.710 bits per heavy atom. The maximum absolute atomic E-state index is 12.1. The molecule has 0 aliphatic carbocycles. The minimum Gasteiger partial charge on any atom is -0.441 e. The number of hydrogen-bond acceptors (Lipinski definition) is 2. The molecule has 2 heteroatoms. The van der Waals surface area contributed by atoms with E-state index in [-0.39, 0.29) is 5.97 Å². The number of esters is 1. The summed E-state index contributed by atoms with van der Waals surface area (Å²) in [6.45, 7) is 7.50. The molecular weight excluding hydrogens is 380 g/mol. The van der Waals surface area contributed by atoms with E-state index in [1.807, 2.05) is 106 Å². The third-order valence-corrected chi connectivity index (χ3v) is 4.95. The highest BCUT2D eigenvalue weighted by Crippen LogP contribution is 2.42. The van der Waals surface area contributed by atoms with Gasteiger partial charge in [-0.2, -0.15) is 0 Å². The van der Waals surface area contributed by atoms with Crippen molar-refractivity contribution < 1.29 is 9.53 Å². The van der Waals surface area contributed by atoms with Gasteiger partial charge < -0.3 is 4.74 Å². The zero-order chi connectivity index (χ0) is 22.3. The van der Waals surface area contributed by atoms with E-state index in [1.165, 1.54) is 6.92 Å². The van der Waals surface area contributed by atoms with E-state index in [9.17, 15) is 4.79 Å². The SMILES string of the molecule is CC(=O)OC(C#Cc1ccccc1C#Cc1ccccc1)(c1ccccc1)C(C)(C)C. The lowest BCUT2D eigenvalue weighted by Crippen LogP contribution is -2.43. The van der Waals surface area contributed by atoms with E-state index in [0.717, 1.165) is 22.3 Å². The fourth-order valence-electron chi connectivity index (χ4n) is 3.34. The molecule has 0 spiro atoms. The molecule has 0 heterocycles. The number of hydrogen-bond donors (Lipinski definition) is 0. The average molecular weight is 407 g/mol. The Labute approximate surface area is 185 Å². The molecule has 0 radical (unpaired) electrons. The van der Waals surface area contributed by atoms with Gasteiger partial charge in [0.2, 0.25) is 5.60 Å². The first-order chi connectivity index (χ1) is 14.8. The highest BCUT2D eigenvalue weighted by atomic mass is 16.6. The summed E-state index contributed by atoms with van der Waals surface area (Å²) in [4.78, 5) is 12.1. The number of carbonyl (C=O) groups is 1. The predicted molar refractivity (Wildman–Crippen MR) is 125 cm³/mol. The van der Waals surface area contributed by atoms with Gasteiger partial charge in [0, 0.05) is 34.6 Å². The second-order valence-corrected chi connectivity index (χ2v) is 8.30. The Morgan fingerprint density at radius 3 is 1.77 bits per heavy atom. The molecule has 0 saturated heterocycles. The molecule has 2 nitrogen and oxygen atoms in total. The Hall–Kier alpha value is -3.75. The normalized spacial score (nSPS) is 12.4. The van der Waals surface area contributed by atoms with Crippen LogP contribution in [0.3, 0.4) is 0 Å². The quantitative estimate of drug-likeness (QED) is 0.389. The standard InChI is InChI=1S/C29H26O2/c1-23(30)31-29(28(2,3)4,27-17-9-6-10-18-27)22-21-26-16-12-11-15-25(26)20-19-24-13-7-5-8-14-24/h5-18H,1-4H3. The van der Waals surface area contributed by atoms with Gasteiger partial charge in [-0.05, 0) is 30.2 Å². The van der Waals surface area contributed by atoms with Crippen molar-refractivity contribution in [1.29, 1.82) is 0 Å². The van der Waals surface area contributed by atoms with E-state index >= 15 is 0 Å². The maximum Gasteiger partial charge on any atom is 0.304 e. The first kappa shape index (κ1) is 21.9. The van der Waals surface area contributed by atoms with Crippen LogP contribution in [0.15, 0.2) is 84.9 Å². The van der Waals surface area contributed by atoms with Crippen molar-refractivity contribution in [3.8, 4) is 23.7 Å². The van der Waals surface area contributed by atoms with Gasteiger partial charge in [-0.15, -0.1) is 0 Å². The number of rotatable bonds is 2. The van der Waals surface area contributed by atoms with Crippen LogP contribution in [0.5, 0.6) is 0 Å². The largest absolute Gasteiger partial charge is 0.441 e. The van der Waals surface area contributed by atoms with Gasteiger partial charge in [0.1, 0.15) is 0 Å². The lowest BCUT2D eigenvalue weighted by molar-refractivity contribution is -0.162. The predicted octanol–water partition coefficient (Wildman–Crippen LogP) is 5.94. The van der Waals surface area contributed by atoms with Crippen molar-refractivity contribution in [2.75, 3.05) is 0 Å². The Morgan fingerprint density at radius 2 is 1.23 bits per heavy atom.